The molecule has 1 heterocycles. The number of rotatable bonds is 16. The number of nitrogens with one attached hydrogen (secondary N) is 1. The summed E-state index contributed by atoms with van der Waals surface area (Å²) in [5, 5.41) is 7.92. The van der Waals surface area contributed by atoms with Crippen molar-refractivity contribution >= 4 is 35.1 Å². The molecule has 0 aliphatic carbocycles. The Labute approximate surface area is 202 Å². The van der Waals surface area contributed by atoms with Gasteiger partial charge < -0.3 is 28.4 Å². The standard InChI is InChI=1S/C22H39Cl2NO7/c1-5-8-11-27-14-16-17(28-12-9-6-2)18(29-13-10-7-3)19(30-15(4)26)22(31-16)32-21(25)20(23)24/h16-20,22,25H,5-14H2,1-4H3. The number of carbonyl (C=O) groups is 1. The first-order valence-electron chi connectivity index (χ1n) is 11.5. The number of hydrogen-bond donors (Lipinski definition) is 1. The van der Waals surface area contributed by atoms with Crippen LogP contribution in [0.15, 0.2) is 0 Å². The smallest absolute Gasteiger partial charge is 0.303 e. The molecule has 0 radical (unpaired) electrons. The second-order valence-electron chi connectivity index (χ2n) is 7.71. The number of halogens is 2. The minimum absolute atomic E-state index is 0.246. The van der Waals surface area contributed by atoms with Gasteiger partial charge in [-0.1, -0.05) is 63.2 Å². The van der Waals surface area contributed by atoms with Crippen molar-refractivity contribution in [1.82, 2.24) is 0 Å². The van der Waals surface area contributed by atoms with Crippen LogP contribution < -0.4 is 0 Å². The van der Waals surface area contributed by atoms with Gasteiger partial charge in [0.25, 0.3) is 0 Å². The molecule has 8 nitrogen and oxygen atoms in total. The van der Waals surface area contributed by atoms with Gasteiger partial charge in [-0.25, -0.2) is 0 Å². The van der Waals surface area contributed by atoms with Gasteiger partial charge in [0.2, 0.25) is 12.2 Å². The van der Waals surface area contributed by atoms with Crippen molar-refractivity contribution in [2.45, 2.75) is 102 Å². The molecule has 1 aliphatic heterocycles. The molecule has 1 rings (SSSR count). The molecule has 1 fully saturated rings. The molecule has 0 spiro atoms. The predicted octanol–water partition coefficient (Wildman–Crippen LogP) is 4.63. The Bertz CT molecular complexity index is 538. The van der Waals surface area contributed by atoms with Crippen LogP contribution in [-0.2, 0) is 33.2 Å². The van der Waals surface area contributed by atoms with Gasteiger partial charge in [-0.05, 0) is 19.3 Å². The molecule has 1 aliphatic rings. The van der Waals surface area contributed by atoms with E-state index in [1.54, 1.807) is 0 Å². The van der Waals surface area contributed by atoms with Crippen molar-refractivity contribution in [3.05, 3.63) is 0 Å². The Morgan fingerprint density at radius 3 is 2.00 bits per heavy atom. The Balaban J connectivity index is 3.17. The summed E-state index contributed by atoms with van der Waals surface area (Å²) >= 11 is 11.6. The molecule has 0 bridgehead atoms. The summed E-state index contributed by atoms with van der Waals surface area (Å²) in [4.78, 5) is 10.7. The van der Waals surface area contributed by atoms with E-state index in [9.17, 15) is 4.79 Å². The molecule has 0 amide bonds. The maximum absolute atomic E-state index is 11.9. The lowest BCUT2D eigenvalue weighted by Gasteiger charge is -2.45. The summed E-state index contributed by atoms with van der Waals surface area (Å²) in [5.74, 6) is -0.931. The zero-order valence-electron chi connectivity index (χ0n) is 19.6. The van der Waals surface area contributed by atoms with Gasteiger partial charge in [0.1, 0.15) is 18.3 Å². The molecule has 5 unspecified atom stereocenters. The normalized spacial score (nSPS) is 25.7. The maximum Gasteiger partial charge on any atom is 0.303 e. The lowest BCUT2D eigenvalue weighted by atomic mass is 9.98. The largest absolute Gasteiger partial charge is 0.453 e. The highest BCUT2D eigenvalue weighted by atomic mass is 35.5. The molecule has 1 N–H and O–H groups in total. The number of hydrogen-bond acceptors (Lipinski definition) is 8. The molecule has 10 heteroatoms. The molecule has 0 aromatic carbocycles. The van der Waals surface area contributed by atoms with Crippen LogP contribution >= 0.6 is 23.2 Å². The molecule has 1 saturated heterocycles. The Morgan fingerprint density at radius 2 is 1.47 bits per heavy atom. The first-order chi connectivity index (χ1) is 15.3. The van der Waals surface area contributed by atoms with E-state index in [1.807, 2.05) is 0 Å². The zero-order valence-corrected chi connectivity index (χ0v) is 21.2. The van der Waals surface area contributed by atoms with Gasteiger partial charge in [0.05, 0.1) is 6.61 Å². The van der Waals surface area contributed by atoms with Crippen LogP contribution in [0, 0.1) is 5.41 Å². The molecule has 188 valence electrons. The van der Waals surface area contributed by atoms with E-state index in [-0.39, 0.29) is 6.61 Å². The Hall–Kier alpha value is -0.640. The lowest BCUT2D eigenvalue weighted by Crippen LogP contribution is -2.62. The van der Waals surface area contributed by atoms with E-state index < -0.39 is 47.4 Å². The van der Waals surface area contributed by atoms with Crippen LogP contribution in [0.2, 0.25) is 0 Å². The molecular formula is C22H39Cl2NO7. The topological polar surface area (TPSA) is 96.3 Å². The fourth-order valence-electron chi connectivity index (χ4n) is 3.17. The lowest BCUT2D eigenvalue weighted by molar-refractivity contribution is -0.302. The highest BCUT2D eigenvalue weighted by Gasteiger charge is 2.51. The van der Waals surface area contributed by atoms with Gasteiger partial charge >= 0.3 is 5.97 Å². The average molecular weight is 500 g/mol. The van der Waals surface area contributed by atoms with Crippen molar-refractivity contribution in [1.29, 1.82) is 5.41 Å². The number of ether oxygens (including phenoxy) is 6. The van der Waals surface area contributed by atoms with E-state index in [0.29, 0.717) is 19.8 Å². The number of esters is 1. The fraction of sp³-hybridized carbons (Fsp3) is 0.909. The fourth-order valence-corrected chi connectivity index (χ4v) is 3.27. The minimum Gasteiger partial charge on any atom is -0.453 e. The molecule has 0 saturated carbocycles. The molecule has 0 aromatic heterocycles. The quantitative estimate of drug-likeness (QED) is 0.109. The van der Waals surface area contributed by atoms with E-state index in [2.05, 4.69) is 20.8 Å². The van der Waals surface area contributed by atoms with Gasteiger partial charge in [0.15, 0.2) is 10.9 Å². The van der Waals surface area contributed by atoms with Crippen LogP contribution in [0.1, 0.15) is 66.2 Å². The van der Waals surface area contributed by atoms with Gasteiger partial charge in [-0.15, -0.1) is 0 Å². The number of unbranched alkanes of at least 4 members (excludes halogenated alkanes) is 3. The summed E-state index contributed by atoms with van der Waals surface area (Å²) in [6, 6.07) is 0. The summed E-state index contributed by atoms with van der Waals surface area (Å²) in [6.45, 7) is 9.30. The number of carbonyl (C=O) groups excluding carboxylic acids is 1. The molecular weight excluding hydrogens is 461 g/mol. The maximum atomic E-state index is 11.9. The summed E-state index contributed by atoms with van der Waals surface area (Å²) in [7, 11) is 0. The van der Waals surface area contributed by atoms with E-state index >= 15 is 0 Å². The van der Waals surface area contributed by atoms with Gasteiger partial charge in [0, 0.05) is 26.7 Å². The molecule has 0 aromatic rings. The van der Waals surface area contributed by atoms with Crippen molar-refractivity contribution in [2.75, 3.05) is 26.4 Å². The average Bonchev–Trinajstić information content (AvgIpc) is 2.74. The molecule has 5 atom stereocenters. The van der Waals surface area contributed by atoms with Crippen LogP contribution in [-0.4, -0.2) is 73.8 Å². The molecule has 32 heavy (non-hydrogen) atoms. The third-order valence-corrected chi connectivity index (χ3v) is 5.27. The van der Waals surface area contributed by atoms with Crippen LogP contribution in [0.25, 0.3) is 0 Å². The summed E-state index contributed by atoms with van der Waals surface area (Å²) in [6.07, 6.45) is 1.68. The van der Waals surface area contributed by atoms with Crippen molar-refractivity contribution in [2.24, 2.45) is 0 Å². The minimum atomic E-state index is -1.19. The predicted molar refractivity (Wildman–Crippen MR) is 124 cm³/mol. The summed E-state index contributed by atoms with van der Waals surface area (Å²) < 4.78 is 35.3. The van der Waals surface area contributed by atoms with E-state index in [1.165, 1.54) is 6.92 Å². The highest BCUT2D eigenvalue weighted by Crippen LogP contribution is 2.30. The van der Waals surface area contributed by atoms with Gasteiger partial charge in [-0.3, -0.25) is 10.2 Å². The third kappa shape index (κ3) is 10.5. The summed E-state index contributed by atoms with van der Waals surface area (Å²) in [5.41, 5.74) is 0. The Kier molecular flexibility index (Phi) is 15.5. The monoisotopic (exact) mass is 499 g/mol. The third-order valence-electron chi connectivity index (χ3n) is 4.88. The van der Waals surface area contributed by atoms with Crippen LogP contribution in [0.3, 0.4) is 0 Å². The van der Waals surface area contributed by atoms with Crippen LogP contribution in [0.4, 0.5) is 0 Å². The van der Waals surface area contributed by atoms with E-state index in [0.717, 1.165) is 38.5 Å². The van der Waals surface area contributed by atoms with Crippen molar-refractivity contribution in [3.8, 4) is 0 Å². The first-order valence-corrected chi connectivity index (χ1v) is 12.4. The van der Waals surface area contributed by atoms with Crippen LogP contribution in [0.5, 0.6) is 0 Å². The first kappa shape index (κ1) is 29.4. The van der Waals surface area contributed by atoms with Crippen molar-refractivity contribution < 1.29 is 33.2 Å². The second-order valence-corrected chi connectivity index (χ2v) is 8.80. The highest BCUT2D eigenvalue weighted by molar-refractivity contribution is 6.53. The number of alkyl halides is 2. The Morgan fingerprint density at radius 1 is 0.906 bits per heavy atom. The van der Waals surface area contributed by atoms with Gasteiger partial charge in [-0.2, -0.15) is 0 Å². The van der Waals surface area contributed by atoms with E-state index in [4.69, 9.17) is 57.0 Å². The zero-order chi connectivity index (χ0) is 23.9. The second kappa shape index (κ2) is 16.9. The SMILES string of the molecule is CCCCOCC1OC(OC(=N)C(Cl)Cl)C(OC(C)=O)C(OCCCC)C1OCCCC. The van der Waals surface area contributed by atoms with Crippen molar-refractivity contribution in [3.63, 3.8) is 0 Å².